The van der Waals surface area contributed by atoms with E-state index in [0.29, 0.717) is 13.1 Å². The standard InChI is InChI=1S/C13H15F2N3O/c1-3-18(4-2)11(19)8-17-10-6-5-9(7-16)12(14)13(10)15/h5-6,17H,3-4,8H2,1-2H3. The van der Waals surface area contributed by atoms with E-state index in [1.807, 2.05) is 13.8 Å². The van der Waals surface area contributed by atoms with E-state index in [2.05, 4.69) is 5.32 Å². The summed E-state index contributed by atoms with van der Waals surface area (Å²) in [6, 6.07) is 3.96. The minimum atomic E-state index is -1.21. The Morgan fingerprint density at radius 3 is 2.47 bits per heavy atom. The van der Waals surface area contributed by atoms with Crippen LogP contribution >= 0.6 is 0 Å². The summed E-state index contributed by atoms with van der Waals surface area (Å²) >= 11 is 0. The number of rotatable bonds is 5. The van der Waals surface area contributed by atoms with Crippen LogP contribution in [-0.2, 0) is 4.79 Å². The third-order valence-corrected chi connectivity index (χ3v) is 2.75. The predicted molar refractivity (Wildman–Crippen MR) is 67.5 cm³/mol. The Kier molecular flexibility index (Phi) is 5.24. The Morgan fingerprint density at radius 2 is 1.95 bits per heavy atom. The highest BCUT2D eigenvalue weighted by molar-refractivity contribution is 5.80. The van der Waals surface area contributed by atoms with Crippen LogP contribution in [0.25, 0.3) is 0 Å². The number of hydrogen-bond donors (Lipinski definition) is 1. The Morgan fingerprint density at radius 1 is 1.32 bits per heavy atom. The number of likely N-dealkylation sites (N-methyl/N-ethyl adjacent to an activating group) is 1. The second kappa shape index (κ2) is 6.69. The molecule has 0 heterocycles. The van der Waals surface area contributed by atoms with Crippen LogP contribution in [-0.4, -0.2) is 30.4 Å². The number of nitriles is 1. The minimum Gasteiger partial charge on any atom is -0.374 e. The van der Waals surface area contributed by atoms with E-state index in [1.165, 1.54) is 12.1 Å². The molecule has 19 heavy (non-hydrogen) atoms. The van der Waals surface area contributed by atoms with Gasteiger partial charge in [0.25, 0.3) is 0 Å². The molecule has 1 aromatic rings. The van der Waals surface area contributed by atoms with E-state index in [4.69, 9.17) is 5.26 Å². The molecule has 0 saturated heterocycles. The average molecular weight is 267 g/mol. The van der Waals surface area contributed by atoms with Gasteiger partial charge in [-0.05, 0) is 26.0 Å². The lowest BCUT2D eigenvalue weighted by atomic mass is 10.2. The molecule has 1 rings (SSSR count). The van der Waals surface area contributed by atoms with Crippen LogP contribution in [0.15, 0.2) is 12.1 Å². The zero-order chi connectivity index (χ0) is 14.4. The SMILES string of the molecule is CCN(CC)C(=O)CNc1ccc(C#N)c(F)c1F. The third-order valence-electron chi connectivity index (χ3n) is 2.75. The van der Waals surface area contributed by atoms with Gasteiger partial charge in [0.05, 0.1) is 17.8 Å². The lowest BCUT2D eigenvalue weighted by Gasteiger charge is -2.19. The van der Waals surface area contributed by atoms with Gasteiger partial charge in [0.2, 0.25) is 5.91 Å². The number of hydrogen-bond acceptors (Lipinski definition) is 3. The van der Waals surface area contributed by atoms with Gasteiger partial charge in [-0.2, -0.15) is 5.26 Å². The number of nitrogens with zero attached hydrogens (tertiary/aromatic N) is 2. The van der Waals surface area contributed by atoms with Crippen LogP contribution in [0, 0.1) is 23.0 Å². The maximum absolute atomic E-state index is 13.6. The number of anilines is 1. The summed E-state index contributed by atoms with van der Waals surface area (Å²) < 4.78 is 26.9. The fourth-order valence-electron chi connectivity index (χ4n) is 1.63. The number of amides is 1. The molecule has 102 valence electrons. The molecule has 0 unspecified atom stereocenters. The molecular weight excluding hydrogens is 252 g/mol. The van der Waals surface area contributed by atoms with Crippen molar-refractivity contribution in [1.82, 2.24) is 4.90 Å². The van der Waals surface area contributed by atoms with Gasteiger partial charge in [0.1, 0.15) is 6.07 Å². The molecule has 0 atom stereocenters. The second-order valence-electron chi connectivity index (χ2n) is 3.82. The zero-order valence-corrected chi connectivity index (χ0v) is 10.8. The van der Waals surface area contributed by atoms with Gasteiger partial charge in [-0.15, -0.1) is 0 Å². The summed E-state index contributed by atoms with van der Waals surface area (Å²) in [6.07, 6.45) is 0. The number of halogens is 2. The largest absolute Gasteiger partial charge is 0.374 e. The van der Waals surface area contributed by atoms with Gasteiger partial charge < -0.3 is 10.2 Å². The molecule has 6 heteroatoms. The highest BCUT2D eigenvalue weighted by atomic mass is 19.2. The third kappa shape index (κ3) is 3.41. The van der Waals surface area contributed by atoms with E-state index in [9.17, 15) is 13.6 Å². The van der Waals surface area contributed by atoms with Crippen molar-refractivity contribution < 1.29 is 13.6 Å². The Labute approximate surface area is 110 Å². The van der Waals surface area contributed by atoms with E-state index < -0.39 is 11.6 Å². The van der Waals surface area contributed by atoms with Crippen molar-refractivity contribution in [3.63, 3.8) is 0 Å². The van der Waals surface area contributed by atoms with Crippen LogP contribution < -0.4 is 5.32 Å². The molecule has 1 N–H and O–H groups in total. The molecule has 0 aliphatic heterocycles. The number of carbonyl (C=O) groups is 1. The molecule has 0 saturated carbocycles. The van der Waals surface area contributed by atoms with Crippen molar-refractivity contribution >= 4 is 11.6 Å². The van der Waals surface area contributed by atoms with Gasteiger partial charge in [-0.25, -0.2) is 8.78 Å². The summed E-state index contributed by atoms with van der Waals surface area (Å²) in [5.74, 6) is -2.55. The fraction of sp³-hybridized carbons (Fsp3) is 0.385. The molecular formula is C13H15F2N3O. The molecule has 4 nitrogen and oxygen atoms in total. The number of carbonyl (C=O) groups excluding carboxylic acids is 1. The second-order valence-corrected chi connectivity index (χ2v) is 3.82. The molecule has 0 spiro atoms. The van der Waals surface area contributed by atoms with Gasteiger partial charge in [0, 0.05) is 13.1 Å². The van der Waals surface area contributed by atoms with Crippen LogP contribution in [0.2, 0.25) is 0 Å². The van der Waals surface area contributed by atoms with Gasteiger partial charge in [-0.3, -0.25) is 4.79 Å². The molecule has 1 aromatic carbocycles. The van der Waals surface area contributed by atoms with Crippen molar-refractivity contribution in [3.05, 3.63) is 29.3 Å². The summed E-state index contributed by atoms with van der Waals surface area (Å²) in [6.45, 7) is 4.67. The first kappa shape index (κ1) is 14.9. The van der Waals surface area contributed by atoms with Crippen molar-refractivity contribution in [2.24, 2.45) is 0 Å². The number of nitrogens with one attached hydrogen (secondary N) is 1. The van der Waals surface area contributed by atoms with Crippen LogP contribution in [0.5, 0.6) is 0 Å². The highest BCUT2D eigenvalue weighted by Gasteiger charge is 2.15. The van der Waals surface area contributed by atoms with Crippen LogP contribution in [0.3, 0.4) is 0 Å². The maximum Gasteiger partial charge on any atom is 0.241 e. The van der Waals surface area contributed by atoms with Crippen LogP contribution in [0.1, 0.15) is 19.4 Å². The molecule has 0 radical (unpaired) electrons. The van der Waals surface area contributed by atoms with Crippen molar-refractivity contribution in [1.29, 1.82) is 5.26 Å². The fourth-order valence-corrected chi connectivity index (χ4v) is 1.63. The Bertz CT molecular complexity index is 507. The first-order valence-electron chi connectivity index (χ1n) is 5.94. The topological polar surface area (TPSA) is 56.1 Å². The molecule has 0 fully saturated rings. The normalized spacial score (nSPS) is 9.84. The highest BCUT2D eigenvalue weighted by Crippen LogP contribution is 2.19. The molecule has 0 bridgehead atoms. The Balaban J connectivity index is 2.77. The first-order valence-corrected chi connectivity index (χ1v) is 5.94. The maximum atomic E-state index is 13.6. The molecule has 1 amide bonds. The van der Waals surface area contributed by atoms with Gasteiger partial charge in [0.15, 0.2) is 11.6 Å². The quantitative estimate of drug-likeness (QED) is 0.889. The van der Waals surface area contributed by atoms with Crippen molar-refractivity contribution in [3.8, 4) is 6.07 Å². The first-order chi connectivity index (χ1) is 9.04. The van der Waals surface area contributed by atoms with E-state index >= 15 is 0 Å². The molecule has 0 aliphatic rings. The summed E-state index contributed by atoms with van der Waals surface area (Å²) in [4.78, 5) is 13.3. The lowest BCUT2D eigenvalue weighted by Crippen LogP contribution is -2.35. The molecule has 0 aromatic heterocycles. The summed E-state index contributed by atoms with van der Waals surface area (Å²) in [5.41, 5.74) is -0.491. The van der Waals surface area contributed by atoms with Crippen molar-refractivity contribution in [2.45, 2.75) is 13.8 Å². The minimum absolute atomic E-state index is 0.121. The zero-order valence-electron chi connectivity index (χ0n) is 10.8. The predicted octanol–water partition coefficient (Wildman–Crippen LogP) is 2.12. The Hall–Kier alpha value is -2.16. The average Bonchev–Trinajstić information content (AvgIpc) is 2.42. The summed E-state index contributed by atoms with van der Waals surface area (Å²) in [7, 11) is 0. The smallest absolute Gasteiger partial charge is 0.241 e. The lowest BCUT2D eigenvalue weighted by molar-refractivity contribution is -0.128. The van der Waals surface area contributed by atoms with Gasteiger partial charge in [-0.1, -0.05) is 0 Å². The van der Waals surface area contributed by atoms with Crippen molar-refractivity contribution in [2.75, 3.05) is 25.0 Å². The van der Waals surface area contributed by atoms with Gasteiger partial charge >= 0.3 is 0 Å². The van der Waals surface area contributed by atoms with E-state index in [0.717, 1.165) is 0 Å². The number of benzene rings is 1. The molecule has 0 aliphatic carbocycles. The van der Waals surface area contributed by atoms with Crippen LogP contribution in [0.4, 0.5) is 14.5 Å². The van der Waals surface area contributed by atoms with E-state index in [1.54, 1.807) is 11.0 Å². The monoisotopic (exact) mass is 267 g/mol. The van der Waals surface area contributed by atoms with E-state index in [-0.39, 0.29) is 23.7 Å². The summed E-state index contributed by atoms with van der Waals surface area (Å²) in [5, 5.41) is 11.1.